The molecule has 0 saturated carbocycles. The summed E-state index contributed by atoms with van der Waals surface area (Å²) in [5.41, 5.74) is 4.14. The van der Waals surface area contributed by atoms with Crippen LogP contribution in [0, 0.1) is 11.3 Å². The first kappa shape index (κ1) is 19.7. The van der Waals surface area contributed by atoms with Gasteiger partial charge >= 0.3 is 0 Å². The highest BCUT2D eigenvalue weighted by atomic mass is 16.5. The number of imidazole rings is 1. The van der Waals surface area contributed by atoms with Gasteiger partial charge < -0.3 is 14.0 Å². The molecule has 0 aliphatic carbocycles. The van der Waals surface area contributed by atoms with Crippen molar-refractivity contribution in [2.24, 2.45) is 0 Å². The second-order valence-corrected chi connectivity index (χ2v) is 8.18. The Kier molecular flexibility index (Phi) is 5.40. The van der Waals surface area contributed by atoms with E-state index < -0.39 is 0 Å². The molecular formula is C22H25N7O2. The van der Waals surface area contributed by atoms with Crippen LogP contribution in [-0.2, 0) is 11.3 Å². The van der Waals surface area contributed by atoms with E-state index in [4.69, 9.17) is 4.74 Å². The topological polar surface area (TPSA) is 103 Å². The first-order valence-corrected chi connectivity index (χ1v) is 10.7. The Labute approximate surface area is 180 Å². The number of hydrogen-bond donors (Lipinski definition) is 1. The van der Waals surface area contributed by atoms with E-state index in [-0.39, 0.29) is 11.8 Å². The number of rotatable bonds is 4. The number of amides is 1. The van der Waals surface area contributed by atoms with Gasteiger partial charge in [0.05, 0.1) is 48.1 Å². The minimum atomic E-state index is 0.0370. The van der Waals surface area contributed by atoms with Crippen molar-refractivity contribution in [3.8, 4) is 6.07 Å². The molecule has 3 aromatic rings. The number of nitriles is 1. The van der Waals surface area contributed by atoms with E-state index in [0.29, 0.717) is 37.4 Å². The summed E-state index contributed by atoms with van der Waals surface area (Å²) < 4.78 is 7.37. The van der Waals surface area contributed by atoms with E-state index in [1.165, 1.54) is 0 Å². The lowest BCUT2D eigenvalue weighted by Gasteiger charge is -2.33. The number of morpholine rings is 1. The van der Waals surface area contributed by atoms with Crippen molar-refractivity contribution < 1.29 is 9.53 Å². The molecule has 2 saturated heterocycles. The first-order valence-electron chi connectivity index (χ1n) is 10.7. The third kappa shape index (κ3) is 3.92. The largest absolute Gasteiger partial charge is 0.378 e. The second kappa shape index (κ2) is 8.49. The minimum Gasteiger partial charge on any atom is -0.378 e. The number of likely N-dealkylation sites (tertiary alicyclic amines) is 1. The van der Waals surface area contributed by atoms with Gasteiger partial charge in [-0.1, -0.05) is 0 Å². The number of fused-ring (bicyclic) bond motifs is 1. The number of nitrogens with one attached hydrogen (secondary N) is 1. The molecule has 5 rings (SSSR count). The maximum absolute atomic E-state index is 13.0. The van der Waals surface area contributed by atoms with Gasteiger partial charge in [0, 0.05) is 38.3 Å². The van der Waals surface area contributed by atoms with E-state index in [1.54, 1.807) is 12.3 Å². The van der Waals surface area contributed by atoms with Crippen LogP contribution in [0.4, 0.5) is 0 Å². The Morgan fingerprint density at radius 2 is 2.13 bits per heavy atom. The van der Waals surface area contributed by atoms with Gasteiger partial charge in [0.25, 0.3) is 5.91 Å². The summed E-state index contributed by atoms with van der Waals surface area (Å²) in [4.78, 5) is 21.7. The van der Waals surface area contributed by atoms with Crippen LogP contribution in [0.15, 0.2) is 30.7 Å². The predicted molar refractivity (Wildman–Crippen MR) is 112 cm³/mol. The highest BCUT2D eigenvalue weighted by molar-refractivity contribution is 5.95. The van der Waals surface area contributed by atoms with Crippen molar-refractivity contribution in [1.29, 1.82) is 5.26 Å². The van der Waals surface area contributed by atoms with Crippen LogP contribution in [-0.4, -0.2) is 74.7 Å². The molecule has 2 aliphatic heterocycles. The zero-order valence-electron chi connectivity index (χ0n) is 17.3. The van der Waals surface area contributed by atoms with E-state index in [0.717, 1.165) is 49.5 Å². The van der Waals surface area contributed by atoms with Crippen molar-refractivity contribution >= 4 is 11.6 Å². The molecule has 31 heavy (non-hydrogen) atoms. The van der Waals surface area contributed by atoms with Crippen molar-refractivity contribution in [3.63, 3.8) is 0 Å². The van der Waals surface area contributed by atoms with Crippen LogP contribution < -0.4 is 0 Å². The van der Waals surface area contributed by atoms with E-state index in [2.05, 4.69) is 26.2 Å². The Morgan fingerprint density at radius 3 is 2.97 bits per heavy atom. The lowest BCUT2D eigenvalue weighted by molar-refractivity contribution is 0.0301. The van der Waals surface area contributed by atoms with Gasteiger partial charge in [-0.25, -0.2) is 4.98 Å². The molecule has 0 aromatic carbocycles. The molecule has 160 valence electrons. The van der Waals surface area contributed by atoms with Crippen molar-refractivity contribution in [2.45, 2.75) is 25.3 Å². The zero-order chi connectivity index (χ0) is 21.2. The number of carbonyl (C=O) groups excluding carboxylic acids is 1. The van der Waals surface area contributed by atoms with E-state index in [9.17, 15) is 10.1 Å². The predicted octanol–water partition coefficient (Wildman–Crippen LogP) is 1.78. The summed E-state index contributed by atoms with van der Waals surface area (Å²) >= 11 is 0. The summed E-state index contributed by atoms with van der Waals surface area (Å²) in [5.74, 6) is 0.264. The average Bonchev–Trinajstić information content (AvgIpc) is 3.47. The lowest BCUT2D eigenvalue weighted by Crippen LogP contribution is -2.41. The van der Waals surface area contributed by atoms with Gasteiger partial charge in [-0.05, 0) is 31.5 Å². The fourth-order valence-corrected chi connectivity index (χ4v) is 4.59. The first-order chi connectivity index (χ1) is 15.2. The van der Waals surface area contributed by atoms with Crippen LogP contribution in [0.1, 0.15) is 46.1 Å². The molecule has 1 atom stereocenters. The monoisotopic (exact) mass is 419 g/mol. The molecule has 2 aliphatic rings. The smallest absolute Gasteiger partial charge is 0.257 e. The van der Waals surface area contributed by atoms with Crippen LogP contribution in [0.3, 0.4) is 0 Å². The lowest BCUT2D eigenvalue weighted by atomic mass is 9.92. The molecule has 5 heterocycles. The van der Waals surface area contributed by atoms with Crippen LogP contribution in [0.2, 0.25) is 0 Å². The summed E-state index contributed by atoms with van der Waals surface area (Å²) in [7, 11) is 0. The van der Waals surface area contributed by atoms with Gasteiger partial charge in [0.15, 0.2) is 0 Å². The number of H-pyrrole nitrogens is 1. The normalized spacial score (nSPS) is 20.1. The van der Waals surface area contributed by atoms with Crippen molar-refractivity contribution in [1.82, 2.24) is 29.4 Å². The van der Waals surface area contributed by atoms with Crippen molar-refractivity contribution in [3.05, 3.63) is 53.2 Å². The summed E-state index contributed by atoms with van der Waals surface area (Å²) in [6.45, 7) is 5.00. The van der Waals surface area contributed by atoms with E-state index >= 15 is 0 Å². The summed E-state index contributed by atoms with van der Waals surface area (Å²) in [6, 6.07) is 5.85. The molecule has 9 heteroatoms. The third-order valence-corrected chi connectivity index (χ3v) is 6.21. The minimum absolute atomic E-state index is 0.0370. The van der Waals surface area contributed by atoms with Crippen LogP contribution >= 0.6 is 0 Å². The summed E-state index contributed by atoms with van der Waals surface area (Å²) in [5, 5.41) is 16.5. The fraction of sp³-hybridized carbons (Fsp3) is 0.455. The molecule has 1 N–H and O–H groups in total. The average molecular weight is 419 g/mol. The second-order valence-electron chi connectivity index (χ2n) is 8.18. The number of aromatic nitrogens is 4. The standard InChI is InChI=1S/C22H25N7O2/c23-10-16-3-4-20-24-11-18(29(20)13-16)15-27-5-1-2-17(14-27)21-19(12-25-26-21)22(30)28-6-8-31-9-7-28/h3-4,11-13,17H,1-2,5-9,14-15H2,(H,25,26). The van der Waals surface area contributed by atoms with Crippen LogP contribution in [0.5, 0.6) is 0 Å². The number of nitrogens with zero attached hydrogens (tertiary/aromatic N) is 6. The number of aromatic amines is 1. The van der Waals surface area contributed by atoms with Gasteiger partial charge in [-0.3, -0.25) is 14.8 Å². The fourth-order valence-electron chi connectivity index (χ4n) is 4.59. The zero-order valence-corrected chi connectivity index (χ0v) is 17.3. The highest BCUT2D eigenvalue weighted by Gasteiger charge is 2.29. The van der Waals surface area contributed by atoms with Gasteiger partial charge in [-0.15, -0.1) is 0 Å². The molecule has 0 bridgehead atoms. The number of piperidine rings is 1. The van der Waals surface area contributed by atoms with Gasteiger partial charge in [-0.2, -0.15) is 10.4 Å². The molecule has 1 unspecified atom stereocenters. The molecule has 0 spiro atoms. The number of ether oxygens (including phenoxy) is 1. The van der Waals surface area contributed by atoms with Crippen LogP contribution in [0.25, 0.3) is 5.65 Å². The van der Waals surface area contributed by atoms with E-state index in [1.807, 2.05) is 27.8 Å². The molecule has 2 fully saturated rings. The maximum atomic E-state index is 13.0. The molecular weight excluding hydrogens is 394 g/mol. The molecule has 0 radical (unpaired) electrons. The maximum Gasteiger partial charge on any atom is 0.257 e. The molecule has 1 amide bonds. The van der Waals surface area contributed by atoms with Gasteiger partial charge in [0.2, 0.25) is 0 Å². The molecule has 9 nitrogen and oxygen atoms in total. The number of hydrogen-bond acceptors (Lipinski definition) is 6. The number of pyridine rings is 1. The van der Waals surface area contributed by atoms with Crippen molar-refractivity contribution in [2.75, 3.05) is 39.4 Å². The quantitative estimate of drug-likeness (QED) is 0.692. The highest BCUT2D eigenvalue weighted by Crippen LogP contribution is 2.29. The Hall–Kier alpha value is -3.22. The number of carbonyl (C=O) groups is 1. The Balaban J connectivity index is 1.32. The third-order valence-electron chi connectivity index (χ3n) is 6.21. The SMILES string of the molecule is N#Cc1ccc2ncc(CN3CCCC(c4[nH]ncc4C(=O)N4CCOCC4)C3)n2c1. The Bertz CT molecular complexity index is 1120. The van der Waals surface area contributed by atoms with Gasteiger partial charge in [0.1, 0.15) is 11.7 Å². The molecule has 3 aromatic heterocycles. The Morgan fingerprint density at radius 1 is 1.26 bits per heavy atom. The summed E-state index contributed by atoms with van der Waals surface area (Å²) in [6.07, 6.45) is 7.46.